The quantitative estimate of drug-likeness (QED) is 0.765. The van der Waals surface area contributed by atoms with Crippen molar-refractivity contribution >= 4 is 11.6 Å². The first kappa shape index (κ1) is 18.0. The highest BCUT2D eigenvalue weighted by molar-refractivity contribution is 5.60. The third kappa shape index (κ3) is 3.72. The molecule has 25 heavy (non-hydrogen) atoms. The van der Waals surface area contributed by atoms with Crippen molar-refractivity contribution < 1.29 is 9.52 Å². The zero-order chi connectivity index (χ0) is 18.0. The van der Waals surface area contributed by atoms with Crippen LogP contribution < -0.4 is 11.1 Å². The Morgan fingerprint density at radius 1 is 1.44 bits per heavy atom. The largest absolute Gasteiger partial charge is 0.449 e. The van der Waals surface area contributed by atoms with E-state index in [0.717, 1.165) is 37.1 Å². The molecule has 1 saturated carbocycles. The molecule has 0 aliphatic heterocycles. The molecular formula is C20H29N3O2. The van der Waals surface area contributed by atoms with Gasteiger partial charge in [-0.2, -0.15) is 0 Å². The van der Waals surface area contributed by atoms with Crippen LogP contribution in [0.1, 0.15) is 57.2 Å². The van der Waals surface area contributed by atoms with Crippen molar-refractivity contribution in [2.24, 2.45) is 11.7 Å². The van der Waals surface area contributed by atoms with Gasteiger partial charge < -0.3 is 20.6 Å². The summed E-state index contributed by atoms with van der Waals surface area (Å²) in [6.45, 7) is 6.10. The minimum Gasteiger partial charge on any atom is -0.449 e. The Morgan fingerprint density at radius 3 is 2.88 bits per heavy atom. The van der Waals surface area contributed by atoms with Gasteiger partial charge in [0.15, 0.2) is 5.88 Å². The number of nitrogens with zero attached hydrogens (tertiary/aromatic N) is 1. The van der Waals surface area contributed by atoms with E-state index in [4.69, 9.17) is 10.2 Å². The first-order valence-electron chi connectivity index (χ1n) is 9.19. The molecule has 1 aliphatic carbocycles. The van der Waals surface area contributed by atoms with Gasteiger partial charge in [0, 0.05) is 17.8 Å². The fraction of sp³-hybridized carbons (Fsp3) is 0.550. The summed E-state index contributed by atoms with van der Waals surface area (Å²) in [6, 6.07) is 5.71. The predicted octanol–water partition coefficient (Wildman–Crippen LogP) is 3.96. The summed E-state index contributed by atoms with van der Waals surface area (Å²) in [5, 5.41) is 14.0. The first-order valence-corrected chi connectivity index (χ1v) is 9.19. The normalized spacial score (nSPS) is 29.6. The van der Waals surface area contributed by atoms with E-state index in [1.807, 2.05) is 25.3 Å². The van der Waals surface area contributed by atoms with E-state index in [1.165, 1.54) is 5.56 Å². The summed E-state index contributed by atoms with van der Waals surface area (Å²) < 4.78 is 5.43. The second kappa shape index (κ2) is 7.18. The van der Waals surface area contributed by atoms with Crippen LogP contribution in [0.3, 0.4) is 0 Å². The molecule has 2 aromatic heterocycles. The predicted molar refractivity (Wildman–Crippen MR) is 100.0 cm³/mol. The molecule has 1 aliphatic rings. The SMILES string of the molecule is CCCc1cc(C2CC(C)C(C)(O)C(N)C2)c(Nc2ccco2)cn1. The van der Waals surface area contributed by atoms with Crippen LogP contribution in [0, 0.1) is 5.92 Å². The van der Waals surface area contributed by atoms with Crippen LogP contribution in [0.4, 0.5) is 11.6 Å². The number of furan rings is 1. The van der Waals surface area contributed by atoms with Gasteiger partial charge in [-0.05, 0) is 55.7 Å². The molecule has 0 saturated heterocycles. The van der Waals surface area contributed by atoms with Gasteiger partial charge in [-0.1, -0.05) is 20.3 Å². The number of nitrogens with one attached hydrogen (secondary N) is 1. The van der Waals surface area contributed by atoms with E-state index in [2.05, 4.69) is 30.2 Å². The molecule has 0 bridgehead atoms. The number of aromatic nitrogens is 1. The Bertz CT molecular complexity index is 683. The van der Waals surface area contributed by atoms with Gasteiger partial charge in [-0.25, -0.2) is 0 Å². The average molecular weight is 343 g/mol. The first-order chi connectivity index (χ1) is 11.9. The highest BCUT2D eigenvalue weighted by Gasteiger charge is 2.42. The Morgan fingerprint density at radius 2 is 2.24 bits per heavy atom. The monoisotopic (exact) mass is 343 g/mol. The van der Waals surface area contributed by atoms with Crippen molar-refractivity contribution in [1.82, 2.24) is 4.98 Å². The van der Waals surface area contributed by atoms with Crippen LogP contribution in [0.25, 0.3) is 0 Å². The fourth-order valence-corrected chi connectivity index (χ4v) is 3.76. The van der Waals surface area contributed by atoms with Gasteiger partial charge in [0.05, 0.1) is 23.7 Å². The fourth-order valence-electron chi connectivity index (χ4n) is 3.76. The van der Waals surface area contributed by atoms with Crippen LogP contribution in [-0.4, -0.2) is 21.7 Å². The van der Waals surface area contributed by atoms with Gasteiger partial charge >= 0.3 is 0 Å². The Balaban J connectivity index is 1.93. The Hall–Kier alpha value is -1.85. The maximum Gasteiger partial charge on any atom is 0.197 e. The highest BCUT2D eigenvalue weighted by atomic mass is 16.3. The maximum atomic E-state index is 10.6. The van der Waals surface area contributed by atoms with E-state index in [1.54, 1.807) is 6.26 Å². The molecule has 4 N–H and O–H groups in total. The van der Waals surface area contributed by atoms with Gasteiger partial charge in [0.2, 0.25) is 0 Å². The average Bonchev–Trinajstić information content (AvgIpc) is 3.07. The van der Waals surface area contributed by atoms with E-state index in [0.29, 0.717) is 11.8 Å². The molecule has 0 aromatic carbocycles. The standard InChI is InChI=1S/C20H29N3O2/c1-4-6-15-11-16(14-9-13(2)20(3,24)18(21)10-14)17(12-22-15)23-19-7-5-8-25-19/h5,7-8,11-14,18,23-24H,4,6,9-10,21H2,1-3H3. The van der Waals surface area contributed by atoms with Crippen LogP contribution >= 0.6 is 0 Å². The summed E-state index contributed by atoms with van der Waals surface area (Å²) in [7, 11) is 0. The zero-order valence-corrected chi connectivity index (χ0v) is 15.3. The van der Waals surface area contributed by atoms with E-state index >= 15 is 0 Å². The van der Waals surface area contributed by atoms with Crippen molar-refractivity contribution in [2.75, 3.05) is 5.32 Å². The van der Waals surface area contributed by atoms with E-state index < -0.39 is 5.60 Å². The zero-order valence-electron chi connectivity index (χ0n) is 15.3. The minimum absolute atomic E-state index is 0.139. The van der Waals surface area contributed by atoms with Crippen LogP contribution in [0.15, 0.2) is 35.1 Å². The molecule has 4 unspecified atom stereocenters. The molecule has 136 valence electrons. The lowest BCUT2D eigenvalue weighted by molar-refractivity contribution is -0.0463. The van der Waals surface area contributed by atoms with Gasteiger partial charge in [-0.3, -0.25) is 4.98 Å². The summed E-state index contributed by atoms with van der Waals surface area (Å²) in [4.78, 5) is 4.59. The molecule has 2 aromatic rings. The summed E-state index contributed by atoms with van der Waals surface area (Å²) in [5.41, 5.74) is 8.77. The lowest BCUT2D eigenvalue weighted by Gasteiger charge is -2.44. The number of hydrogen-bond donors (Lipinski definition) is 3. The minimum atomic E-state index is -0.815. The summed E-state index contributed by atoms with van der Waals surface area (Å²) in [6.07, 6.45) is 7.23. The molecule has 5 nitrogen and oxygen atoms in total. The molecule has 0 spiro atoms. The summed E-state index contributed by atoms with van der Waals surface area (Å²) in [5.74, 6) is 1.13. The van der Waals surface area contributed by atoms with E-state index in [-0.39, 0.29) is 12.0 Å². The van der Waals surface area contributed by atoms with Gasteiger partial charge in [0.1, 0.15) is 0 Å². The molecule has 3 rings (SSSR count). The number of aliphatic hydroxyl groups is 1. The van der Waals surface area contributed by atoms with Crippen molar-refractivity contribution in [3.8, 4) is 0 Å². The number of anilines is 2. The third-order valence-electron chi connectivity index (χ3n) is 5.64. The second-order valence-electron chi connectivity index (χ2n) is 7.52. The van der Waals surface area contributed by atoms with Crippen molar-refractivity contribution in [3.05, 3.63) is 41.9 Å². The number of aryl methyl sites for hydroxylation is 1. The number of pyridine rings is 1. The van der Waals surface area contributed by atoms with Gasteiger partial charge in [-0.15, -0.1) is 0 Å². The van der Waals surface area contributed by atoms with Crippen LogP contribution in [0.2, 0.25) is 0 Å². The molecule has 0 amide bonds. The van der Waals surface area contributed by atoms with E-state index in [9.17, 15) is 5.11 Å². The maximum absolute atomic E-state index is 10.6. The van der Waals surface area contributed by atoms with Gasteiger partial charge in [0.25, 0.3) is 0 Å². The highest BCUT2D eigenvalue weighted by Crippen LogP contribution is 2.43. The van der Waals surface area contributed by atoms with Crippen molar-refractivity contribution in [2.45, 2.75) is 64.0 Å². The molecule has 4 atom stereocenters. The molecule has 5 heteroatoms. The van der Waals surface area contributed by atoms with Crippen molar-refractivity contribution in [1.29, 1.82) is 0 Å². The number of hydrogen-bond acceptors (Lipinski definition) is 5. The number of nitrogens with two attached hydrogens (primary N) is 1. The van der Waals surface area contributed by atoms with Crippen LogP contribution in [-0.2, 0) is 6.42 Å². The lowest BCUT2D eigenvalue weighted by Crippen LogP contribution is -2.54. The summed E-state index contributed by atoms with van der Waals surface area (Å²) >= 11 is 0. The topological polar surface area (TPSA) is 84.3 Å². The lowest BCUT2D eigenvalue weighted by atomic mass is 9.68. The molecule has 1 fully saturated rings. The van der Waals surface area contributed by atoms with Crippen LogP contribution in [0.5, 0.6) is 0 Å². The second-order valence-corrected chi connectivity index (χ2v) is 7.52. The third-order valence-corrected chi connectivity index (χ3v) is 5.64. The smallest absolute Gasteiger partial charge is 0.197 e. The van der Waals surface area contributed by atoms with Crippen molar-refractivity contribution in [3.63, 3.8) is 0 Å². The molecule has 0 radical (unpaired) electrons. The Labute approximate surface area is 149 Å². The molecular weight excluding hydrogens is 314 g/mol. The Kier molecular flexibility index (Phi) is 5.16. The number of rotatable bonds is 5. The molecule has 2 heterocycles.